The van der Waals surface area contributed by atoms with Crippen molar-refractivity contribution in [3.8, 4) is 0 Å². The van der Waals surface area contributed by atoms with Crippen molar-refractivity contribution in [3.63, 3.8) is 0 Å². The number of aryl methyl sites for hydroxylation is 2. The lowest BCUT2D eigenvalue weighted by Crippen LogP contribution is -2.16. The first kappa shape index (κ1) is 20.8. The first-order valence-electron chi connectivity index (χ1n) is 7.70. The number of primary sulfonamides is 1. The van der Waals surface area contributed by atoms with Crippen LogP contribution in [0.4, 0.5) is 5.69 Å². The second-order valence-electron chi connectivity index (χ2n) is 5.79. The fraction of sp³-hybridized carbons (Fsp3) is 0.200. The highest BCUT2D eigenvalue weighted by Crippen LogP contribution is 2.33. The first-order valence-corrected chi connectivity index (χ1v) is 11.0. The Morgan fingerprint density at radius 3 is 2.46 bits per heavy atom. The van der Waals surface area contributed by atoms with Gasteiger partial charge in [0.25, 0.3) is 5.78 Å². The fourth-order valence-corrected chi connectivity index (χ4v) is 4.24. The van der Waals surface area contributed by atoms with Gasteiger partial charge in [-0.15, -0.1) is 5.10 Å². The van der Waals surface area contributed by atoms with E-state index in [1.54, 1.807) is 4.52 Å². The maximum Gasteiger partial charge on any atom is 0.253 e. The van der Waals surface area contributed by atoms with Gasteiger partial charge in [0, 0.05) is 11.4 Å². The predicted octanol–water partition coefficient (Wildman–Crippen LogP) is 2.43. The summed E-state index contributed by atoms with van der Waals surface area (Å²) in [4.78, 5) is 20.6. The van der Waals surface area contributed by atoms with E-state index < -0.39 is 15.9 Å². The summed E-state index contributed by atoms with van der Waals surface area (Å²) in [5.74, 6) is 0.0142. The number of anilines is 1. The second kappa shape index (κ2) is 7.84. The number of thioether (sulfide) groups is 1. The number of hydrogen-bond donors (Lipinski definition) is 2. The molecule has 1 aromatic carbocycles. The molecule has 13 heteroatoms. The van der Waals surface area contributed by atoms with Crippen molar-refractivity contribution in [1.29, 1.82) is 0 Å². The highest BCUT2D eigenvalue weighted by atomic mass is 35.5. The molecule has 0 radical (unpaired) electrons. The molecular formula is C15H14Cl2N6O3S2. The normalized spacial score (nSPS) is 11.8. The maximum absolute atomic E-state index is 12.2. The average Bonchev–Trinajstić information content (AvgIpc) is 2.98. The summed E-state index contributed by atoms with van der Waals surface area (Å²) in [7, 11) is -3.97. The topological polar surface area (TPSA) is 132 Å². The van der Waals surface area contributed by atoms with Crippen LogP contribution in [-0.4, -0.2) is 39.7 Å². The van der Waals surface area contributed by atoms with Gasteiger partial charge in [0.1, 0.15) is 0 Å². The average molecular weight is 461 g/mol. The molecule has 0 spiro atoms. The lowest BCUT2D eigenvalue weighted by molar-refractivity contribution is -0.113. The molecule has 28 heavy (non-hydrogen) atoms. The molecule has 0 fully saturated rings. The van der Waals surface area contributed by atoms with Crippen LogP contribution in [0.2, 0.25) is 10.0 Å². The van der Waals surface area contributed by atoms with Gasteiger partial charge >= 0.3 is 0 Å². The molecule has 1 amide bonds. The van der Waals surface area contributed by atoms with Gasteiger partial charge in [0.15, 0.2) is 0 Å². The zero-order valence-corrected chi connectivity index (χ0v) is 17.7. The number of halogens is 2. The van der Waals surface area contributed by atoms with E-state index in [-0.39, 0.29) is 26.4 Å². The van der Waals surface area contributed by atoms with E-state index in [4.69, 9.17) is 28.3 Å². The van der Waals surface area contributed by atoms with Crippen molar-refractivity contribution in [2.75, 3.05) is 11.1 Å². The predicted molar refractivity (Wildman–Crippen MR) is 107 cm³/mol. The van der Waals surface area contributed by atoms with Crippen LogP contribution in [0.3, 0.4) is 0 Å². The smallest absolute Gasteiger partial charge is 0.253 e. The summed E-state index contributed by atoms with van der Waals surface area (Å²) in [5, 5.41) is 12.2. The summed E-state index contributed by atoms with van der Waals surface area (Å²) in [6.07, 6.45) is 0. The van der Waals surface area contributed by atoms with E-state index in [1.165, 1.54) is 0 Å². The number of nitrogens with two attached hydrogens (primary N) is 1. The summed E-state index contributed by atoms with van der Waals surface area (Å²) in [5.41, 5.74) is 1.79. The van der Waals surface area contributed by atoms with Gasteiger partial charge in [0.05, 0.1) is 26.4 Å². The first-order chi connectivity index (χ1) is 13.0. The highest BCUT2D eigenvalue weighted by molar-refractivity contribution is 7.99. The van der Waals surface area contributed by atoms with Gasteiger partial charge in [-0.05, 0) is 32.0 Å². The van der Waals surface area contributed by atoms with E-state index >= 15 is 0 Å². The number of aromatic nitrogens is 4. The van der Waals surface area contributed by atoms with Crippen LogP contribution in [0.5, 0.6) is 0 Å². The molecule has 0 saturated carbocycles. The van der Waals surface area contributed by atoms with Crippen molar-refractivity contribution in [3.05, 3.63) is 39.6 Å². The van der Waals surface area contributed by atoms with E-state index in [0.29, 0.717) is 10.9 Å². The minimum absolute atomic E-state index is 0.0154. The maximum atomic E-state index is 12.2. The number of amides is 1. The minimum Gasteiger partial charge on any atom is -0.323 e. The molecule has 2 aromatic heterocycles. The van der Waals surface area contributed by atoms with Crippen LogP contribution >= 0.6 is 35.0 Å². The van der Waals surface area contributed by atoms with E-state index in [1.807, 2.05) is 19.9 Å². The van der Waals surface area contributed by atoms with Crippen LogP contribution in [0.25, 0.3) is 5.78 Å². The van der Waals surface area contributed by atoms with Crippen LogP contribution in [0.15, 0.2) is 28.3 Å². The van der Waals surface area contributed by atoms with Gasteiger partial charge < -0.3 is 5.32 Å². The minimum atomic E-state index is -3.97. The highest BCUT2D eigenvalue weighted by Gasteiger charge is 2.17. The Balaban J connectivity index is 1.72. The Kier molecular flexibility index (Phi) is 5.82. The van der Waals surface area contributed by atoms with Crippen molar-refractivity contribution in [2.45, 2.75) is 23.9 Å². The summed E-state index contributed by atoms with van der Waals surface area (Å²) >= 11 is 13.2. The van der Waals surface area contributed by atoms with Crippen LogP contribution < -0.4 is 10.5 Å². The molecule has 0 unspecified atom stereocenters. The van der Waals surface area contributed by atoms with Crippen LogP contribution in [-0.2, 0) is 14.8 Å². The third-order valence-electron chi connectivity index (χ3n) is 3.54. The van der Waals surface area contributed by atoms with Crippen LogP contribution in [0.1, 0.15) is 11.4 Å². The third-order valence-corrected chi connectivity index (χ3v) is 5.87. The lowest BCUT2D eigenvalue weighted by atomic mass is 10.3. The molecule has 148 valence electrons. The number of sulfonamides is 1. The number of benzene rings is 1. The molecule has 0 aliphatic rings. The van der Waals surface area contributed by atoms with E-state index in [0.717, 1.165) is 35.3 Å². The molecule has 0 aliphatic carbocycles. The molecule has 0 atom stereocenters. The monoisotopic (exact) mass is 460 g/mol. The van der Waals surface area contributed by atoms with Crippen molar-refractivity contribution in [1.82, 2.24) is 19.6 Å². The molecule has 3 N–H and O–H groups in total. The number of rotatable bonds is 5. The van der Waals surface area contributed by atoms with Gasteiger partial charge in [-0.2, -0.15) is 4.98 Å². The summed E-state index contributed by atoms with van der Waals surface area (Å²) < 4.78 is 24.4. The van der Waals surface area contributed by atoms with Gasteiger partial charge in [0.2, 0.25) is 21.1 Å². The molecule has 0 aliphatic heterocycles. The fourth-order valence-electron chi connectivity index (χ4n) is 2.35. The van der Waals surface area contributed by atoms with Gasteiger partial charge in [-0.1, -0.05) is 35.0 Å². The quantitative estimate of drug-likeness (QED) is 0.558. The number of nitrogens with one attached hydrogen (secondary N) is 1. The number of carbonyl (C=O) groups excluding carboxylic acids is 1. The van der Waals surface area contributed by atoms with Crippen molar-refractivity contribution in [2.24, 2.45) is 5.14 Å². The Hall–Kier alpha value is -1.92. The van der Waals surface area contributed by atoms with E-state index in [9.17, 15) is 13.2 Å². The van der Waals surface area contributed by atoms with E-state index in [2.05, 4.69) is 20.4 Å². The molecule has 3 rings (SSSR count). The standard InChI is InChI=1S/C15H14Cl2N6O3S2/c1-7-3-8(2)23-14(19-7)21-15(22-23)27-6-12(24)20-13-10(16)4-9(5-11(13)17)28(18,25)26/h3-5H,6H2,1-2H3,(H,20,24)(H2,18,25,26). The molecule has 9 nitrogen and oxygen atoms in total. The molecule has 2 heterocycles. The zero-order chi connectivity index (χ0) is 20.6. The Bertz CT molecular complexity index is 1170. The molecule has 3 aromatic rings. The molecule has 0 saturated heterocycles. The third kappa shape index (κ3) is 4.55. The number of nitrogens with zero attached hydrogens (tertiary/aromatic N) is 4. The molecule has 0 bridgehead atoms. The second-order valence-corrected chi connectivity index (χ2v) is 9.11. The van der Waals surface area contributed by atoms with Crippen molar-refractivity contribution < 1.29 is 13.2 Å². The number of hydrogen-bond acceptors (Lipinski definition) is 7. The van der Waals surface area contributed by atoms with Crippen LogP contribution in [0, 0.1) is 13.8 Å². The summed E-state index contributed by atoms with van der Waals surface area (Å²) in [6.45, 7) is 3.74. The number of fused-ring (bicyclic) bond motifs is 1. The molecular weight excluding hydrogens is 447 g/mol. The van der Waals surface area contributed by atoms with Crippen molar-refractivity contribution >= 4 is 62.4 Å². The lowest BCUT2D eigenvalue weighted by Gasteiger charge is -2.10. The Morgan fingerprint density at radius 1 is 1.21 bits per heavy atom. The zero-order valence-electron chi connectivity index (χ0n) is 14.6. The van der Waals surface area contributed by atoms with Gasteiger partial charge in [-0.25, -0.2) is 23.1 Å². The largest absolute Gasteiger partial charge is 0.323 e. The van der Waals surface area contributed by atoms with Gasteiger partial charge in [-0.3, -0.25) is 4.79 Å². The Labute approximate surface area is 174 Å². The SMILES string of the molecule is Cc1cc(C)n2nc(SCC(=O)Nc3c(Cl)cc(S(N)(=O)=O)cc3Cl)nc2n1. The Morgan fingerprint density at radius 2 is 1.86 bits per heavy atom. The summed E-state index contributed by atoms with van der Waals surface area (Å²) in [6, 6.07) is 4.11. The number of carbonyl (C=O) groups is 1.